The molecule has 22 heavy (non-hydrogen) atoms. The van der Waals surface area contributed by atoms with Crippen molar-refractivity contribution in [3.63, 3.8) is 0 Å². The normalized spacial score (nSPS) is 10.0. The first kappa shape index (κ1) is 18.1. The number of nitrogens with two attached hydrogens (primary N) is 1. The van der Waals surface area contributed by atoms with Crippen molar-refractivity contribution in [2.45, 2.75) is 32.1 Å². The average molecular weight is 325 g/mol. The lowest BCUT2D eigenvalue weighted by atomic mass is 10.1. The van der Waals surface area contributed by atoms with Crippen LogP contribution >= 0.6 is 12.4 Å². The monoisotopic (exact) mass is 324 g/mol. The largest absolute Gasteiger partial charge is 0.342 e. The van der Waals surface area contributed by atoms with Gasteiger partial charge in [-0.1, -0.05) is 18.0 Å². The van der Waals surface area contributed by atoms with E-state index in [1.54, 1.807) is 0 Å². The van der Waals surface area contributed by atoms with Gasteiger partial charge in [-0.3, -0.25) is 4.79 Å². The van der Waals surface area contributed by atoms with Crippen molar-refractivity contribution in [2.24, 2.45) is 5.73 Å². The Labute approximate surface area is 135 Å². The molecule has 7 heteroatoms. The second kappa shape index (κ2) is 9.92. The molecular weight excluding hydrogens is 304 g/mol. The molecule has 1 aromatic heterocycles. The Morgan fingerprint density at radius 1 is 1.14 bits per heavy atom. The standard InChI is InChI=1S/C15H20N4O2.ClH/c16-10-4-2-1-3-5-14(20)18-13-8-6-12(7-9-13)15-17-11-21-19-15;/h6-9,11H,1-5,10,16H2,(H,18,20);1H. The molecule has 0 bridgehead atoms. The molecule has 1 aromatic carbocycles. The predicted molar refractivity (Wildman–Crippen MR) is 87.8 cm³/mol. The van der Waals surface area contributed by atoms with Crippen molar-refractivity contribution in [3.05, 3.63) is 30.7 Å². The summed E-state index contributed by atoms with van der Waals surface area (Å²) in [6.45, 7) is 0.721. The molecule has 0 aliphatic carbocycles. The average Bonchev–Trinajstić information content (AvgIpc) is 3.02. The number of rotatable bonds is 8. The number of anilines is 1. The lowest BCUT2D eigenvalue weighted by molar-refractivity contribution is -0.116. The number of benzene rings is 1. The smallest absolute Gasteiger partial charge is 0.224 e. The first-order chi connectivity index (χ1) is 10.3. The van der Waals surface area contributed by atoms with Gasteiger partial charge in [-0.25, -0.2) is 0 Å². The summed E-state index contributed by atoms with van der Waals surface area (Å²) in [6, 6.07) is 7.36. The Bertz CT molecular complexity index is 543. The van der Waals surface area contributed by atoms with Gasteiger partial charge in [0.25, 0.3) is 0 Å². The van der Waals surface area contributed by atoms with Crippen LogP contribution in [0, 0.1) is 0 Å². The third-order valence-corrected chi connectivity index (χ3v) is 3.15. The molecule has 0 spiro atoms. The van der Waals surface area contributed by atoms with E-state index in [4.69, 9.17) is 10.3 Å². The lowest BCUT2D eigenvalue weighted by Crippen LogP contribution is -2.11. The molecule has 3 N–H and O–H groups in total. The molecular formula is C15H21ClN4O2. The van der Waals surface area contributed by atoms with Gasteiger partial charge >= 0.3 is 0 Å². The van der Waals surface area contributed by atoms with Crippen LogP contribution in [0.25, 0.3) is 11.4 Å². The van der Waals surface area contributed by atoms with E-state index in [1.165, 1.54) is 6.39 Å². The lowest BCUT2D eigenvalue weighted by Gasteiger charge is -2.05. The van der Waals surface area contributed by atoms with Crippen LogP contribution in [0.5, 0.6) is 0 Å². The fraction of sp³-hybridized carbons (Fsp3) is 0.400. The fourth-order valence-corrected chi connectivity index (χ4v) is 2.01. The molecule has 0 saturated heterocycles. The Morgan fingerprint density at radius 2 is 1.86 bits per heavy atom. The van der Waals surface area contributed by atoms with Gasteiger partial charge in [-0.2, -0.15) is 4.98 Å². The summed E-state index contributed by atoms with van der Waals surface area (Å²) in [5.74, 6) is 0.572. The first-order valence-corrected chi connectivity index (χ1v) is 7.16. The van der Waals surface area contributed by atoms with Crippen molar-refractivity contribution in [1.82, 2.24) is 10.1 Å². The van der Waals surface area contributed by atoms with Crippen LogP contribution in [0.2, 0.25) is 0 Å². The van der Waals surface area contributed by atoms with Crippen LogP contribution < -0.4 is 11.1 Å². The highest BCUT2D eigenvalue weighted by atomic mass is 35.5. The number of halogens is 1. The molecule has 0 saturated carbocycles. The molecule has 120 valence electrons. The highest BCUT2D eigenvalue weighted by molar-refractivity contribution is 5.90. The van der Waals surface area contributed by atoms with Gasteiger partial charge in [0.15, 0.2) is 0 Å². The summed E-state index contributed by atoms with van der Waals surface area (Å²) in [4.78, 5) is 15.8. The van der Waals surface area contributed by atoms with Crippen LogP contribution in [0.3, 0.4) is 0 Å². The van der Waals surface area contributed by atoms with E-state index in [-0.39, 0.29) is 18.3 Å². The molecule has 1 amide bonds. The Hall–Kier alpha value is -1.92. The van der Waals surface area contributed by atoms with Crippen LogP contribution in [-0.2, 0) is 4.79 Å². The number of nitrogens with one attached hydrogen (secondary N) is 1. The van der Waals surface area contributed by atoms with Gasteiger partial charge < -0.3 is 15.6 Å². The Morgan fingerprint density at radius 3 is 2.50 bits per heavy atom. The third kappa shape index (κ3) is 5.83. The van der Waals surface area contributed by atoms with E-state index < -0.39 is 0 Å². The zero-order chi connectivity index (χ0) is 14.9. The first-order valence-electron chi connectivity index (χ1n) is 7.16. The zero-order valence-corrected chi connectivity index (χ0v) is 13.1. The summed E-state index contributed by atoms with van der Waals surface area (Å²) < 4.78 is 4.70. The number of amides is 1. The maximum atomic E-state index is 11.8. The van der Waals surface area contributed by atoms with Gasteiger partial charge in [0.1, 0.15) is 0 Å². The van der Waals surface area contributed by atoms with Crippen molar-refractivity contribution in [1.29, 1.82) is 0 Å². The number of hydrogen-bond donors (Lipinski definition) is 2. The number of unbranched alkanes of at least 4 members (excludes halogenated alkanes) is 3. The molecule has 1 heterocycles. The van der Waals surface area contributed by atoms with Crippen molar-refractivity contribution < 1.29 is 9.32 Å². The minimum atomic E-state index is 0. The maximum absolute atomic E-state index is 11.8. The van der Waals surface area contributed by atoms with E-state index in [2.05, 4.69) is 15.5 Å². The maximum Gasteiger partial charge on any atom is 0.224 e. The summed E-state index contributed by atoms with van der Waals surface area (Å²) in [6.07, 6.45) is 5.88. The zero-order valence-electron chi connectivity index (χ0n) is 12.3. The number of carbonyl (C=O) groups is 1. The molecule has 0 aliphatic heterocycles. The number of carbonyl (C=O) groups excluding carboxylic acids is 1. The van der Waals surface area contributed by atoms with E-state index in [0.29, 0.717) is 12.2 Å². The van der Waals surface area contributed by atoms with Gasteiger partial charge in [0.2, 0.25) is 18.1 Å². The predicted octanol–water partition coefficient (Wildman–Crippen LogP) is 3.01. The van der Waals surface area contributed by atoms with Crippen LogP contribution in [0.15, 0.2) is 35.2 Å². The van der Waals surface area contributed by atoms with Crippen LogP contribution in [0.4, 0.5) is 5.69 Å². The van der Waals surface area contributed by atoms with Gasteiger partial charge in [-0.05, 0) is 43.7 Å². The van der Waals surface area contributed by atoms with Crippen molar-refractivity contribution >= 4 is 24.0 Å². The number of hydrogen-bond acceptors (Lipinski definition) is 5. The van der Waals surface area contributed by atoms with Crippen LogP contribution in [-0.4, -0.2) is 22.6 Å². The Balaban J connectivity index is 0.00000242. The Kier molecular flexibility index (Phi) is 8.17. The quantitative estimate of drug-likeness (QED) is 0.728. The molecule has 2 rings (SSSR count). The van der Waals surface area contributed by atoms with Crippen LogP contribution in [0.1, 0.15) is 32.1 Å². The second-order valence-corrected chi connectivity index (χ2v) is 4.83. The molecule has 0 radical (unpaired) electrons. The molecule has 0 unspecified atom stereocenters. The summed E-state index contributed by atoms with van der Waals surface area (Å²) in [5, 5.41) is 6.64. The minimum absolute atomic E-state index is 0. The molecule has 0 fully saturated rings. The summed E-state index contributed by atoms with van der Waals surface area (Å²) >= 11 is 0. The van der Waals surface area contributed by atoms with E-state index in [1.807, 2.05) is 24.3 Å². The van der Waals surface area contributed by atoms with Gasteiger partial charge in [-0.15, -0.1) is 12.4 Å². The van der Waals surface area contributed by atoms with Crippen molar-refractivity contribution in [2.75, 3.05) is 11.9 Å². The van der Waals surface area contributed by atoms with E-state index in [9.17, 15) is 4.79 Å². The highest BCUT2D eigenvalue weighted by Gasteiger charge is 2.05. The third-order valence-electron chi connectivity index (χ3n) is 3.15. The van der Waals surface area contributed by atoms with E-state index >= 15 is 0 Å². The van der Waals surface area contributed by atoms with E-state index in [0.717, 1.165) is 43.5 Å². The molecule has 6 nitrogen and oxygen atoms in total. The van der Waals surface area contributed by atoms with Crippen molar-refractivity contribution in [3.8, 4) is 11.4 Å². The fourth-order valence-electron chi connectivity index (χ4n) is 2.01. The molecule has 2 aromatic rings. The highest BCUT2D eigenvalue weighted by Crippen LogP contribution is 2.17. The topological polar surface area (TPSA) is 94.0 Å². The summed E-state index contributed by atoms with van der Waals surface area (Å²) in [5.41, 5.74) is 7.05. The van der Waals surface area contributed by atoms with Gasteiger partial charge in [0, 0.05) is 17.7 Å². The molecule has 0 aliphatic rings. The SMILES string of the molecule is Cl.NCCCCCCC(=O)Nc1ccc(-c2ncon2)cc1. The van der Waals surface area contributed by atoms with Gasteiger partial charge in [0.05, 0.1) is 0 Å². The molecule has 0 atom stereocenters. The second-order valence-electron chi connectivity index (χ2n) is 4.83. The number of aromatic nitrogens is 2. The minimum Gasteiger partial charge on any atom is -0.342 e. The number of nitrogens with zero attached hydrogens (tertiary/aromatic N) is 2. The summed E-state index contributed by atoms with van der Waals surface area (Å²) in [7, 11) is 0.